The number of hydrogen-bond donors (Lipinski definition) is 0. The van der Waals surface area contributed by atoms with Crippen LogP contribution in [0.15, 0.2) is 49.6 Å². The van der Waals surface area contributed by atoms with Crippen LogP contribution in [0.2, 0.25) is 0 Å². The monoisotopic (exact) mass is 348 g/mol. The lowest BCUT2D eigenvalue weighted by Gasteiger charge is -2.02. The second kappa shape index (κ2) is 8.54. The molecule has 0 saturated carbocycles. The minimum absolute atomic E-state index is 0.455. The summed E-state index contributed by atoms with van der Waals surface area (Å²) in [5.41, 5.74) is 2.37. The molecule has 0 saturated heterocycles. The van der Waals surface area contributed by atoms with Gasteiger partial charge in [0.15, 0.2) is 0 Å². The Morgan fingerprint density at radius 2 is 1.35 bits per heavy atom. The van der Waals surface area contributed by atoms with Crippen LogP contribution in [-0.4, -0.2) is 19.6 Å². The summed E-state index contributed by atoms with van der Waals surface area (Å²) in [6.07, 6.45) is 8.29. The van der Waals surface area contributed by atoms with E-state index in [2.05, 4.69) is 40.5 Å². The van der Waals surface area contributed by atoms with Gasteiger partial charge in [0, 0.05) is 10.2 Å². The minimum Gasteiger partial charge on any atom is -0.233 e. The maximum absolute atomic E-state index is 8.65. The molecule has 130 valence electrons. The Labute approximate surface area is 151 Å². The van der Waals surface area contributed by atoms with Crippen LogP contribution in [0.4, 0.5) is 0 Å². The van der Waals surface area contributed by atoms with Gasteiger partial charge in [-0.05, 0) is 17.2 Å². The number of aromatic nitrogens is 6. The summed E-state index contributed by atoms with van der Waals surface area (Å²) in [7, 11) is 0. The Hall–Kier alpha value is -3.52. The first-order valence-corrected chi connectivity index (χ1v) is 8.41. The van der Waals surface area contributed by atoms with Crippen molar-refractivity contribution in [1.82, 2.24) is 19.6 Å². The van der Waals surface area contributed by atoms with Crippen LogP contribution in [0.1, 0.15) is 24.0 Å². The molecule has 0 fully saturated rings. The van der Waals surface area contributed by atoms with Gasteiger partial charge in [-0.3, -0.25) is 0 Å². The molecule has 8 nitrogen and oxygen atoms in total. The molecule has 3 aromatic rings. The third-order valence-corrected chi connectivity index (χ3v) is 3.89. The maximum atomic E-state index is 8.65. The van der Waals surface area contributed by atoms with Crippen LogP contribution in [0, 0.1) is 22.7 Å². The van der Waals surface area contributed by atoms with E-state index in [1.807, 2.05) is 27.9 Å². The summed E-state index contributed by atoms with van der Waals surface area (Å²) in [4.78, 5) is 0. The van der Waals surface area contributed by atoms with Crippen molar-refractivity contribution in [3.05, 3.63) is 60.7 Å². The standard InChI is InChI=1S/C18H20N8/c19-6-2-8-25-15-23(13-21-25)11-17-4-1-5-18(10-17)12-24-14-22-26(16-24)9-3-7-20/h1,4-5,10,13-16H,2-3,8-9,11-12H2/q+2. The van der Waals surface area contributed by atoms with Gasteiger partial charge in [-0.1, -0.05) is 18.2 Å². The molecule has 26 heavy (non-hydrogen) atoms. The number of nitrogens with zero attached hydrogens (tertiary/aromatic N) is 8. The molecule has 0 amide bonds. The Balaban J connectivity index is 1.63. The van der Waals surface area contributed by atoms with Gasteiger partial charge in [0.2, 0.25) is 12.7 Å². The molecule has 0 N–H and O–H groups in total. The zero-order chi connectivity index (χ0) is 18.2. The van der Waals surface area contributed by atoms with Crippen LogP contribution in [0.25, 0.3) is 0 Å². The van der Waals surface area contributed by atoms with Crippen molar-refractivity contribution in [3.63, 3.8) is 0 Å². The Morgan fingerprint density at radius 3 is 1.81 bits per heavy atom. The summed E-state index contributed by atoms with van der Waals surface area (Å²) in [6.45, 7) is 2.67. The first kappa shape index (κ1) is 17.3. The predicted molar refractivity (Wildman–Crippen MR) is 90.0 cm³/mol. The number of hydrogen-bond acceptors (Lipinski definition) is 4. The van der Waals surface area contributed by atoms with E-state index < -0.39 is 0 Å². The van der Waals surface area contributed by atoms with Gasteiger partial charge >= 0.3 is 0 Å². The first-order chi connectivity index (χ1) is 12.8. The van der Waals surface area contributed by atoms with Crippen molar-refractivity contribution in [2.45, 2.75) is 39.0 Å². The fourth-order valence-corrected chi connectivity index (χ4v) is 2.70. The highest BCUT2D eigenvalue weighted by Gasteiger charge is 2.09. The van der Waals surface area contributed by atoms with Crippen LogP contribution >= 0.6 is 0 Å². The van der Waals surface area contributed by atoms with E-state index in [0.29, 0.717) is 25.9 Å². The zero-order valence-electron chi connectivity index (χ0n) is 14.4. The lowest BCUT2D eigenvalue weighted by atomic mass is 10.1. The molecule has 1 aromatic carbocycles. The van der Waals surface area contributed by atoms with Gasteiger partial charge in [0.25, 0.3) is 12.7 Å². The third-order valence-electron chi connectivity index (χ3n) is 3.89. The van der Waals surface area contributed by atoms with E-state index in [-0.39, 0.29) is 0 Å². The summed E-state index contributed by atoms with van der Waals surface area (Å²) >= 11 is 0. The van der Waals surface area contributed by atoms with Crippen molar-refractivity contribution in [2.24, 2.45) is 0 Å². The molecule has 0 radical (unpaired) electrons. The predicted octanol–water partition coefficient (Wildman–Crippen LogP) is 0.579. The average Bonchev–Trinajstić information content (AvgIpc) is 3.28. The molecule has 0 spiro atoms. The fraction of sp³-hybridized carbons (Fsp3) is 0.333. The normalized spacial score (nSPS) is 10.4. The van der Waals surface area contributed by atoms with Gasteiger partial charge in [0.1, 0.15) is 13.1 Å². The summed E-state index contributed by atoms with van der Waals surface area (Å²) in [5, 5.41) is 25.8. The molecular formula is C18H20N8+2. The number of nitriles is 2. The summed E-state index contributed by atoms with van der Waals surface area (Å²) in [5.74, 6) is 0. The highest BCUT2D eigenvalue weighted by atomic mass is 15.4. The second-order valence-corrected chi connectivity index (χ2v) is 6.00. The number of aryl methyl sites for hydroxylation is 2. The smallest absolute Gasteiger partial charge is 0.233 e. The molecule has 0 unspecified atom stereocenters. The Kier molecular flexibility index (Phi) is 5.69. The van der Waals surface area contributed by atoms with Crippen molar-refractivity contribution >= 4 is 0 Å². The lowest BCUT2D eigenvalue weighted by Crippen LogP contribution is -2.33. The molecule has 0 aliphatic carbocycles. The van der Waals surface area contributed by atoms with Gasteiger partial charge in [-0.25, -0.2) is 9.13 Å². The van der Waals surface area contributed by atoms with E-state index in [0.717, 1.165) is 13.1 Å². The van der Waals surface area contributed by atoms with Crippen molar-refractivity contribution in [1.29, 1.82) is 10.5 Å². The van der Waals surface area contributed by atoms with Gasteiger partial charge in [-0.2, -0.15) is 10.5 Å². The molecule has 0 atom stereocenters. The summed E-state index contributed by atoms with van der Waals surface area (Å²) in [6, 6.07) is 12.6. The lowest BCUT2D eigenvalue weighted by molar-refractivity contribution is -0.690. The van der Waals surface area contributed by atoms with Gasteiger partial charge in [0.05, 0.1) is 38.1 Å². The van der Waals surface area contributed by atoms with Crippen molar-refractivity contribution in [2.75, 3.05) is 0 Å². The zero-order valence-corrected chi connectivity index (χ0v) is 14.4. The topological polar surface area (TPSA) is 91.0 Å². The highest BCUT2D eigenvalue weighted by molar-refractivity contribution is 5.22. The quantitative estimate of drug-likeness (QED) is 0.557. The van der Waals surface area contributed by atoms with Crippen molar-refractivity contribution < 1.29 is 9.13 Å². The number of rotatable bonds is 8. The van der Waals surface area contributed by atoms with Crippen LogP contribution < -0.4 is 9.13 Å². The van der Waals surface area contributed by atoms with E-state index in [9.17, 15) is 0 Å². The highest BCUT2D eigenvalue weighted by Crippen LogP contribution is 2.05. The number of benzene rings is 1. The molecule has 0 aliphatic rings. The molecular weight excluding hydrogens is 328 g/mol. The molecule has 0 bridgehead atoms. The Morgan fingerprint density at radius 1 is 0.846 bits per heavy atom. The fourth-order valence-electron chi connectivity index (χ4n) is 2.70. The SMILES string of the molecule is N#CCCn1c[n+](Cc2cccc(C[n+]3cnn(CCC#N)c3)c2)cn1. The first-order valence-electron chi connectivity index (χ1n) is 8.41. The minimum atomic E-state index is 0.455. The van der Waals surface area contributed by atoms with Crippen LogP contribution in [-0.2, 0) is 26.2 Å². The maximum Gasteiger partial charge on any atom is 0.265 e. The average molecular weight is 348 g/mol. The van der Waals surface area contributed by atoms with Gasteiger partial charge in [-0.15, -0.1) is 9.36 Å². The van der Waals surface area contributed by atoms with Crippen molar-refractivity contribution in [3.8, 4) is 12.1 Å². The van der Waals surface area contributed by atoms with E-state index >= 15 is 0 Å². The molecule has 2 heterocycles. The van der Waals surface area contributed by atoms with E-state index in [1.165, 1.54) is 11.1 Å². The third kappa shape index (κ3) is 4.74. The van der Waals surface area contributed by atoms with E-state index in [1.54, 1.807) is 22.0 Å². The second-order valence-electron chi connectivity index (χ2n) is 6.00. The molecule has 2 aromatic heterocycles. The molecule has 8 heteroatoms. The molecule has 3 rings (SSSR count). The van der Waals surface area contributed by atoms with E-state index in [4.69, 9.17) is 10.5 Å². The summed E-state index contributed by atoms with van der Waals surface area (Å²) < 4.78 is 7.56. The van der Waals surface area contributed by atoms with Gasteiger partial charge < -0.3 is 0 Å². The molecule has 0 aliphatic heterocycles. The Bertz CT molecular complexity index is 867. The van der Waals surface area contributed by atoms with Crippen LogP contribution in [0.3, 0.4) is 0 Å². The van der Waals surface area contributed by atoms with Crippen LogP contribution in [0.5, 0.6) is 0 Å². The largest absolute Gasteiger partial charge is 0.265 e.